The van der Waals surface area contributed by atoms with Gasteiger partial charge in [0.1, 0.15) is 10.8 Å². The number of fused-ring (bicyclic) bond motifs is 1. The average Bonchev–Trinajstić information content (AvgIpc) is 3.69. The number of hydrogen-bond acceptors (Lipinski definition) is 4. The molecule has 3 aromatic rings. The maximum absolute atomic E-state index is 6.78. The van der Waals surface area contributed by atoms with E-state index in [4.69, 9.17) is 11.6 Å². The van der Waals surface area contributed by atoms with Crippen molar-refractivity contribution in [2.24, 2.45) is 11.8 Å². The molecule has 0 bridgehead atoms. The first-order valence-corrected chi connectivity index (χ1v) is 11.7. The van der Waals surface area contributed by atoms with E-state index >= 15 is 0 Å². The summed E-state index contributed by atoms with van der Waals surface area (Å²) in [6, 6.07) is 13.1. The Bertz CT molecular complexity index is 1040. The Morgan fingerprint density at radius 2 is 1.77 bits per heavy atom. The molecule has 0 N–H and O–H groups in total. The number of pyridine rings is 1. The second-order valence-corrected chi connectivity index (χ2v) is 9.65. The van der Waals surface area contributed by atoms with Crippen molar-refractivity contribution in [2.45, 2.75) is 31.6 Å². The smallest absolute Gasteiger partial charge is 0.181 e. The van der Waals surface area contributed by atoms with E-state index in [1.165, 1.54) is 31.4 Å². The average molecular weight is 422 g/mol. The lowest BCUT2D eigenvalue weighted by molar-refractivity contribution is 0.246. The molecule has 2 saturated carbocycles. The molecule has 3 aliphatic rings. The van der Waals surface area contributed by atoms with Crippen LogP contribution in [0.4, 0.5) is 5.69 Å². The number of nitrogens with zero attached hydrogens (tertiary/aromatic N) is 5. The van der Waals surface area contributed by atoms with Crippen LogP contribution < -0.4 is 4.90 Å². The molecule has 2 aromatic heterocycles. The van der Waals surface area contributed by atoms with Gasteiger partial charge in [-0.1, -0.05) is 41.9 Å². The molecule has 2 aliphatic carbocycles. The predicted octanol–water partition coefficient (Wildman–Crippen LogP) is 4.26. The highest BCUT2D eigenvalue weighted by Crippen LogP contribution is 2.47. The van der Waals surface area contributed by atoms with Gasteiger partial charge in [0, 0.05) is 45.3 Å². The zero-order valence-electron chi connectivity index (χ0n) is 17.3. The first-order chi connectivity index (χ1) is 14.8. The normalized spacial score (nSPS) is 24.5. The van der Waals surface area contributed by atoms with Crippen LogP contribution in [0, 0.1) is 11.8 Å². The molecule has 0 amide bonds. The number of halogens is 1. The summed E-state index contributed by atoms with van der Waals surface area (Å²) in [5.41, 5.74) is 3.41. The van der Waals surface area contributed by atoms with Crippen molar-refractivity contribution in [1.29, 1.82) is 0 Å². The summed E-state index contributed by atoms with van der Waals surface area (Å²) in [6.07, 6.45) is 7.09. The molecule has 2 atom stereocenters. The molecule has 3 fully saturated rings. The highest BCUT2D eigenvalue weighted by molar-refractivity contribution is 6.36. The van der Waals surface area contributed by atoms with Gasteiger partial charge >= 0.3 is 0 Å². The van der Waals surface area contributed by atoms with Crippen molar-refractivity contribution in [1.82, 2.24) is 19.5 Å². The first-order valence-electron chi connectivity index (χ1n) is 11.3. The van der Waals surface area contributed by atoms with Gasteiger partial charge in [0.2, 0.25) is 0 Å². The van der Waals surface area contributed by atoms with Crippen LogP contribution in [0.15, 0.2) is 42.6 Å². The van der Waals surface area contributed by atoms with E-state index in [1.807, 2.05) is 0 Å². The monoisotopic (exact) mass is 421 g/mol. The molecule has 1 aromatic carbocycles. The lowest BCUT2D eigenvalue weighted by atomic mass is 10.1. The number of piperazine rings is 1. The van der Waals surface area contributed by atoms with E-state index in [1.54, 1.807) is 0 Å². The van der Waals surface area contributed by atoms with Crippen LogP contribution in [0.5, 0.6) is 0 Å². The topological polar surface area (TPSA) is 36.7 Å². The maximum Gasteiger partial charge on any atom is 0.181 e. The van der Waals surface area contributed by atoms with Gasteiger partial charge < -0.3 is 4.90 Å². The third kappa shape index (κ3) is 3.58. The van der Waals surface area contributed by atoms with Gasteiger partial charge in [-0.3, -0.25) is 9.30 Å². The minimum Gasteiger partial charge on any atom is -0.368 e. The summed E-state index contributed by atoms with van der Waals surface area (Å²) >= 11 is 6.78. The zero-order valence-corrected chi connectivity index (χ0v) is 18.0. The molecule has 6 rings (SSSR count). The van der Waals surface area contributed by atoms with Crippen LogP contribution in [-0.2, 0) is 6.42 Å². The summed E-state index contributed by atoms with van der Waals surface area (Å²) in [6.45, 7) is 5.44. The molecule has 0 spiro atoms. The summed E-state index contributed by atoms with van der Waals surface area (Å²) in [4.78, 5) is 5.04. The number of aromatic nitrogens is 3. The van der Waals surface area contributed by atoms with Crippen molar-refractivity contribution in [3.63, 3.8) is 0 Å². The fraction of sp³-hybridized carbons (Fsp3) is 0.500. The van der Waals surface area contributed by atoms with Crippen molar-refractivity contribution in [3.05, 3.63) is 59.0 Å². The fourth-order valence-corrected chi connectivity index (χ4v) is 5.30. The summed E-state index contributed by atoms with van der Waals surface area (Å²) < 4.78 is 2.08. The van der Waals surface area contributed by atoms with Gasteiger partial charge in [0.05, 0.1) is 5.69 Å². The van der Waals surface area contributed by atoms with E-state index in [0.717, 1.165) is 72.5 Å². The number of hydrogen-bond donors (Lipinski definition) is 0. The van der Waals surface area contributed by atoms with Crippen LogP contribution in [0.1, 0.15) is 36.6 Å². The van der Waals surface area contributed by atoms with Crippen molar-refractivity contribution >= 4 is 22.9 Å². The third-order valence-electron chi connectivity index (χ3n) is 7.09. The Hall–Kier alpha value is -2.11. The van der Waals surface area contributed by atoms with E-state index < -0.39 is 0 Å². The third-order valence-corrected chi connectivity index (χ3v) is 7.46. The second-order valence-electron chi connectivity index (χ2n) is 9.27. The van der Waals surface area contributed by atoms with Crippen LogP contribution in [-0.4, -0.2) is 52.2 Å². The Balaban J connectivity index is 1.09. The van der Waals surface area contributed by atoms with Gasteiger partial charge in [-0.2, -0.15) is 0 Å². The molecular formula is C24H28ClN5. The van der Waals surface area contributed by atoms with Gasteiger partial charge in [-0.25, -0.2) is 0 Å². The summed E-state index contributed by atoms with van der Waals surface area (Å²) in [5.74, 6) is 3.42. The Morgan fingerprint density at radius 1 is 0.967 bits per heavy atom. The van der Waals surface area contributed by atoms with Crippen molar-refractivity contribution in [3.8, 4) is 0 Å². The molecule has 1 aliphatic heterocycles. The van der Waals surface area contributed by atoms with Crippen LogP contribution in [0.3, 0.4) is 0 Å². The largest absolute Gasteiger partial charge is 0.368 e. The Morgan fingerprint density at radius 3 is 2.53 bits per heavy atom. The predicted molar refractivity (Wildman–Crippen MR) is 120 cm³/mol. The van der Waals surface area contributed by atoms with Crippen LogP contribution >= 0.6 is 11.6 Å². The van der Waals surface area contributed by atoms with E-state index in [-0.39, 0.29) is 0 Å². The number of rotatable bonds is 6. The minimum atomic E-state index is 0.742. The second kappa shape index (κ2) is 7.54. The number of anilines is 1. The highest BCUT2D eigenvalue weighted by atomic mass is 35.5. The zero-order chi connectivity index (χ0) is 20.1. The lowest BCUT2D eigenvalue weighted by Gasteiger charge is -2.36. The van der Waals surface area contributed by atoms with E-state index in [9.17, 15) is 0 Å². The first kappa shape index (κ1) is 18.6. The molecule has 30 heavy (non-hydrogen) atoms. The fourth-order valence-electron chi connectivity index (χ4n) is 4.99. The molecule has 5 nitrogen and oxygen atoms in total. The standard InChI is InChI=1S/C24H28ClN5/c25-23-21(8-9-30-22(14-17-6-7-17)26-27-24(23)30)29-12-10-28(11-13-29)16-19-15-20(19)18-4-2-1-3-5-18/h1-5,8-9,17,19-20H,6-7,10-16H2/t19-,20-/m0/s1. The van der Waals surface area contributed by atoms with Gasteiger partial charge in [-0.05, 0) is 48.6 Å². The Labute approximate surface area is 182 Å². The van der Waals surface area contributed by atoms with Crippen LogP contribution in [0.2, 0.25) is 5.02 Å². The molecular weight excluding hydrogens is 394 g/mol. The van der Waals surface area contributed by atoms with E-state index in [2.05, 4.69) is 67.0 Å². The van der Waals surface area contributed by atoms with Crippen molar-refractivity contribution < 1.29 is 0 Å². The molecule has 6 heteroatoms. The highest BCUT2D eigenvalue weighted by Gasteiger charge is 2.39. The van der Waals surface area contributed by atoms with Crippen LogP contribution in [0.25, 0.3) is 5.65 Å². The van der Waals surface area contributed by atoms with Gasteiger partial charge in [0.15, 0.2) is 5.65 Å². The lowest BCUT2D eigenvalue weighted by Crippen LogP contribution is -2.47. The Kier molecular flexibility index (Phi) is 4.69. The molecule has 0 unspecified atom stereocenters. The summed E-state index contributed by atoms with van der Waals surface area (Å²) in [7, 11) is 0. The number of benzene rings is 1. The maximum atomic E-state index is 6.78. The van der Waals surface area contributed by atoms with E-state index in [0.29, 0.717) is 0 Å². The minimum absolute atomic E-state index is 0.742. The van der Waals surface area contributed by atoms with Gasteiger partial charge in [-0.15, -0.1) is 10.2 Å². The SMILES string of the molecule is Clc1c(N2CCN(C[C@@H]3C[C@H]3c3ccccc3)CC2)ccn2c(CC3CC3)nnc12. The molecule has 3 heterocycles. The molecule has 0 radical (unpaired) electrons. The van der Waals surface area contributed by atoms with Crippen molar-refractivity contribution in [2.75, 3.05) is 37.6 Å². The summed E-state index contributed by atoms with van der Waals surface area (Å²) in [5, 5.41) is 9.55. The molecule has 1 saturated heterocycles. The molecule has 156 valence electrons. The quantitative estimate of drug-likeness (QED) is 0.595. The van der Waals surface area contributed by atoms with Gasteiger partial charge in [0.25, 0.3) is 0 Å².